The molecular weight excluding hydrogens is 338 g/mol. The molecule has 0 fully saturated rings. The van der Waals surface area contributed by atoms with Gasteiger partial charge in [0.2, 0.25) is 5.91 Å². The molecule has 2 rings (SSSR count). The van der Waals surface area contributed by atoms with Crippen molar-refractivity contribution in [2.45, 2.75) is 13.8 Å². The maximum Gasteiger partial charge on any atom is 0.255 e. The Morgan fingerprint density at radius 2 is 1.68 bits per heavy atom. The number of nitrogens with one attached hydrogen (secondary N) is 3. The summed E-state index contributed by atoms with van der Waals surface area (Å²) >= 11 is 4.99. The van der Waals surface area contributed by atoms with Crippen LogP contribution in [0.2, 0.25) is 0 Å². The Bertz CT molecular complexity index is 775. The number of hydrogen-bond donors (Lipinski definition) is 3. The van der Waals surface area contributed by atoms with Crippen molar-refractivity contribution in [3.63, 3.8) is 0 Å². The summed E-state index contributed by atoms with van der Waals surface area (Å²) in [6, 6.07) is 14.0. The monoisotopic (exact) mass is 357 g/mol. The first-order valence-electron chi connectivity index (χ1n) is 7.71. The molecule has 2 amide bonds. The fourth-order valence-electron chi connectivity index (χ4n) is 2.06. The third-order valence-electron chi connectivity index (χ3n) is 3.10. The Hall–Kier alpha value is -2.93. The highest BCUT2D eigenvalue weighted by Gasteiger charge is 2.07. The van der Waals surface area contributed by atoms with Crippen molar-refractivity contribution < 1.29 is 14.3 Å². The lowest BCUT2D eigenvalue weighted by Crippen LogP contribution is -2.32. The first-order chi connectivity index (χ1) is 12.0. The van der Waals surface area contributed by atoms with Crippen LogP contribution in [0, 0.1) is 0 Å². The molecule has 0 spiro atoms. The maximum absolute atomic E-state index is 12.3. The first kappa shape index (κ1) is 18.4. The number of ether oxygens (including phenoxy) is 1. The lowest BCUT2D eigenvalue weighted by atomic mass is 10.2. The standard InChI is InChI=1S/C18H19N3O3S/c1-3-24-16-6-4-5-13(11-16)17(23)20-14-7-9-15(10-8-14)21-18(25)19-12(2)22/h4-11H,3H2,1-2H3,(H,20,23)(H2,19,21,22,25). The molecule has 2 aromatic carbocycles. The second-order valence-electron chi connectivity index (χ2n) is 5.13. The summed E-state index contributed by atoms with van der Waals surface area (Å²) in [5, 5.41) is 8.39. The molecule has 0 saturated heterocycles. The van der Waals surface area contributed by atoms with Crippen molar-refractivity contribution >= 4 is 40.5 Å². The van der Waals surface area contributed by atoms with Crippen molar-refractivity contribution in [3.8, 4) is 5.75 Å². The predicted molar refractivity (Wildman–Crippen MR) is 102 cm³/mol. The third kappa shape index (κ3) is 5.89. The van der Waals surface area contributed by atoms with Gasteiger partial charge < -0.3 is 20.7 Å². The number of benzene rings is 2. The quantitative estimate of drug-likeness (QED) is 0.716. The van der Waals surface area contributed by atoms with Crippen molar-refractivity contribution in [1.29, 1.82) is 0 Å². The molecule has 0 radical (unpaired) electrons. The van der Waals surface area contributed by atoms with Crippen LogP contribution in [0.5, 0.6) is 5.75 Å². The van der Waals surface area contributed by atoms with E-state index >= 15 is 0 Å². The van der Waals surface area contributed by atoms with Gasteiger partial charge in [0.15, 0.2) is 5.11 Å². The molecule has 0 bridgehead atoms. The summed E-state index contributed by atoms with van der Waals surface area (Å²) in [7, 11) is 0. The number of hydrogen-bond acceptors (Lipinski definition) is 4. The third-order valence-corrected chi connectivity index (χ3v) is 3.30. The van der Waals surface area contributed by atoms with E-state index in [0.717, 1.165) is 0 Å². The molecule has 0 heterocycles. The van der Waals surface area contributed by atoms with Gasteiger partial charge in [0.05, 0.1) is 6.61 Å². The van der Waals surface area contributed by atoms with E-state index in [9.17, 15) is 9.59 Å². The van der Waals surface area contributed by atoms with Crippen LogP contribution < -0.4 is 20.7 Å². The number of anilines is 2. The molecule has 0 aliphatic rings. The zero-order chi connectivity index (χ0) is 18.2. The molecule has 2 aromatic rings. The number of carbonyl (C=O) groups is 2. The SMILES string of the molecule is CCOc1cccc(C(=O)Nc2ccc(NC(=S)NC(C)=O)cc2)c1. The average Bonchev–Trinajstić information content (AvgIpc) is 2.56. The van der Waals surface area contributed by atoms with E-state index < -0.39 is 0 Å². The van der Waals surface area contributed by atoms with Gasteiger partial charge in [0.25, 0.3) is 5.91 Å². The molecule has 130 valence electrons. The van der Waals surface area contributed by atoms with Gasteiger partial charge in [-0.15, -0.1) is 0 Å². The molecule has 0 atom stereocenters. The molecule has 0 unspecified atom stereocenters. The van der Waals surface area contributed by atoms with E-state index in [2.05, 4.69) is 16.0 Å². The molecular formula is C18H19N3O3S. The second kappa shape index (κ2) is 8.79. The normalized spacial score (nSPS) is 9.84. The molecule has 7 heteroatoms. The van der Waals surface area contributed by atoms with E-state index in [-0.39, 0.29) is 16.9 Å². The average molecular weight is 357 g/mol. The van der Waals surface area contributed by atoms with Crippen LogP contribution in [0.1, 0.15) is 24.2 Å². The van der Waals surface area contributed by atoms with Crippen molar-refractivity contribution in [2.75, 3.05) is 17.2 Å². The highest BCUT2D eigenvalue weighted by molar-refractivity contribution is 7.80. The van der Waals surface area contributed by atoms with Crippen LogP contribution in [0.15, 0.2) is 48.5 Å². The number of amides is 2. The molecule has 0 saturated carbocycles. The number of carbonyl (C=O) groups excluding carboxylic acids is 2. The van der Waals surface area contributed by atoms with E-state index in [1.54, 1.807) is 48.5 Å². The van der Waals surface area contributed by atoms with E-state index in [1.807, 2.05) is 6.92 Å². The second-order valence-corrected chi connectivity index (χ2v) is 5.54. The van der Waals surface area contributed by atoms with Gasteiger partial charge >= 0.3 is 0 Å². The van der Waals surface area contributed by atoms with Crippen molar-refractivity contribution in [1.82, 2.24) is 5.32 Å². The van der Waals surface area contributed by atoms with E-state index in [1.165, 1.54) is 6.92 Å². The highest BCUT2D eigenvalue weighted by atomic mass is 32.1. The van der Waals surface area contributed by atoms with Crippen LogP contribution in [-0.4, -0.2) is 23.5 Å². The smallest absolute Gasteiger partial charge is 0.255 e. The molecule has 25 heavy (non-hydrogen) atoms. The van der Waals surface area contributed by atoms with E-state index in [4.69, 9.17) is 17.0 Å². The topological polar surface area (TPSA) is 79.5 Å². The van der Waals surface area contributed by atoms with Crippen molar-refractivity contribution in [2.24, 2.45) is 0 Å². The Morgan fingerprint density at radius 1 is 1.04 bits per heavy atom. The minimum absolute atomic E-state index is 0.219. The lowest BCUT2D eigenvalue weighted by molar-refractivity contribution is -0.117. The van der Waals surface area contributed by atoms with Crippen LogP contribution >= 0.6 is 12.2 Å². The van der Waals surface area contributed by atoms with E-state index in [0.29, 0.717) is 29.3 Å². The molecule has 0 aliphatic heterocycles. The van der Waals surface area contributed by atoms with Crippen LogP contribution in [0.4, 0.5) is 11.4 Å². The zero-order valence-corrected chi connectivity index (χ0v) is 14.8. The summed E-state index contributed by atoms with van der Waals surface area (Å²) in [5.41, 5.74) is 1.86. The van der Waals surface area contributed by atoms with Crippen LogP contribution in [-0.2, 0) is 4.79 Å². The van der Waals surface area contributed by atoms with Gasteiger partial charge in [-0.3, -0.25) is 9.59 Å². The van der Waals surface area contributed by atoms with Crippen LogP contribution in [0.3, 0.4) is 0 Å². The van der Waals surface area contributed by atoms with Gasteiger partial charge in [0.1, 0.15) is 5.75 Å². The molecule has 0 aromatic heterocycles. The van der Waals surface area contributed by atoms with Gasteiger partial charge in [-0.05, 0) is 61.6 Å². The predicted octanol–water partition coefficient (Wildman–Crippen LogP) is 3.17. The minimum Gasteiger partial charge on any atom is -0.494 e. The Labute approximate surface area is 151 Å². The van der Waals surface area contributed by atoms with Gasteiger partial charge in [-0.25, -0.2) is 0 Å². The zero-order valence-electron chi connectivity index (χ0n) is 14.0. The largest absolute Gasteiger partial charge is 0.494 e. The summed E-state index contributed by atoms with van der Waals surface area (Å²) < 4.78 is 5.40. The minimum atomic E-state index is -0.240. The number of rotatable bonds is 5. The lowest BCUT2D eigenvalue weighted by Gasteiger charge is -2.10. The summed E-state index contributed by atoms with van der Waals surface area (Å²) in [6.07, 6.45) is 0. The Kier molecular flexibility index (Phi) is 6.47. The first-order valence-corrected chi connectivity index (χ1v) is 8.11. The molecule has 0 aliphatic carbocycles. The maximum atomic E-state index is 12.3. The van der Waals surface area contributed by atoms with Gasteiger partial charge in [0, 0.05) is 23.9 Å². The summed E-state index contributed by atoms with van der Waals surface area (Å²) in [4.78, 5) is 23.2. The fourth-order valence-corrected chi connectivity index (χ4v) is 2.32. The molecule has 3 N–H and O–H groups in total. The highest BCUT2D eigenvalue weighted by Crippen LogP contribution is 2.17. The summed E-state index contributed by atoms with van der Waals surface area (Å²) in [6.45, 7) is 3.81. The molecule has 6 nitrogen and oxygen atoms in total. The fraction of sp³-hybridized carbons (Fsp3) is 0.167. The van der Waals surface area contributed by atoms with Gasteiger partial charge in [-0.1, -0.05) is 6.07 Å². The van der Waals surface area contributed by atoms with Crippen LogP contribution in [0.25, 0.3) is 0 Å². The Morgan fingerprint density at radius 3 is 2.28 bits per heavy atom. The summed E-state index contributed by atoms with van der Waals surface area (Å²) in [5.74, 6) is 0.188. The Balaban J connectivity index is 1.98. The van der Waals surface area contributed by atoms with Gasteiger partial charge in [-0.2, -0.15) is 0 Å². The number of thiocarbonyl (C=S) groups is 1. The van der Waals surface area contributed by atoms with Crippen molar-refractivity contribution in [3.05, 3.63) is 54.1 Å².